The van der Waals surface area contributed by atoms with Crippen LogP contribution < -0.4 is 10.1 Å². The van der Waals surface area contributed by atoms with Crippen LogP contribution in [0.15, 0.2) is 12.4 Å². The van der Waals surface area contributed by atoms with Crippen LogP contribution in [0.4, 0.5) is 5.82 Å². The minimum atomic E-state index is 0.337. The SMILES string of the molecule is CCC(CCCl)Nc1cncc(OC)n1. The summed E-state index contributed by atoms with van der Waals surface area (Å²) in [5.41, 5.74) is 0. The van der Waals surface area contributed by atoms with E-state index in [-0.39, 0.29) is 0 Å². The van der Waals surface area contributed by atoms with Gasteiger partial charge in [-0.05, 0) is 12.8 Å². The Labute approximate surface area is 95.0 Å². The molecular formula is C10H16ClN3O. The zero-order valence-corrected chi connectivity index (χ0v) is 9.79. The van der Waals surface area contributed by atoms with Gasteiger partial charge in [0.2, 0.25) is 5.88 Å². The summed E-state index contributed by atoms with van der Waals surface area (Å²) in [6.45, 7) is 2.11. The minimum absolute atomic E-state index is 0.337. The molecule has 5 heteroatoms. The first kappa shape index (κ1) is 12.0. The number of nitrogens with one attached hydrogen (secondary N) is 1. The van der Waals surface area contributed by atoms with Gasteiger partial charge in [0.05, 0.1) is 19.5 Å². The van der Waals surface area contributed by atoms with Crippen LogP contribution in [0.5, 0.6) is 5.88 Å². The summed E-state index contributed by atoms with van der Waals surface area (Å²) in [6.07, 6.45) is 5.18. The quantitative estimate of drug-likeness (QED) is 0.761. The molecule has 1 heterocycles. The molecule has 1 unspecified atom stereocenters. The molecule has 1 aromatic heterocycles. The van der Waals surface area contributed by atoms with Gasteiger partial charge in [-0.25, -0.2) is 0 Å². The van der Waals surface area contributed by atoms with E-state index in [2.05, 4.69) is 22.2 Å². The molecule has 0 aliphatic heterocycles. The number of halogens is 1. The molecule has 84 valence electrons. The summed E-state index contributed by atoms with van der Waals surface area (Å²) in [4.78, 5) is 8.24. The van der Waals surface area contributed by atoms with Crippen molar-refractivity contribution in [3.8, 4) is 5.88 Å². The Morgan fingerprint density at radius 1 is 1.53 bits per heavy atom. The average Bonchev–Trinajstić information content (AvgIpc) is 2.29. The Kier molecular flexibility index (Phi) is 5.18. The fourth-order valence-corrected chi connectivity index (χ4v) is 1.50. The molecule has 0 bridgehead atoms. The maximum atomic E-state index is 5.70. The van der Waals surface area contributed by atoms with E-state index in [0.717, 1.165) is 18.7 Å². The van der Waals surface area contributed by atoms with Crippen molar-refractivity contribution in [2.75, 3.05) is 18.3 Å². The summed E-state index contributed by atoms with van der Waals surface area (Å²) in [5.74, 6) is 1.88. The van der Waals surface area contributed by atoms with Crippen molar-refractivity contribution in [3.63, 3.8) is 0 Å². The summed E-state index contributed by atoms with van der Waals surface area (Å²) < 4.78 is 4.99. The van der Waals surface area contributed by atoms with Crippen molar-refractivity contribution in [2.45, 2.75) is 25.8 Å². The average molecular weight is 230 g/mol. The van der Waals surface area contributed by atoms with Crippen molar-refractivity contribution in [3.05, 3.63) is 12.4 Å². The highest BCUT2D eigenvalue weighted by molar-refractivity contribution is 6.17. The van der Waals surface area contributed by atoms with E-state index in [1.807, 2.05) is 0 Å². The van der Waals surface area contributed by atoms with E-state index < -0.39 is 0 Å². The fraction of sp³-hybridized carbons (Fsp3) is 0.600. The number of nitrogens with zero attached hydrogens (tertiary/aromatic N) is 2. The van der Waals surface area contributed by atoms with Crippen LogP contribution in [-0.2, 0) is 0 Å². The first-order valence-electron chi connectivity index (χ1n) is 4.98. The van der Waals surface area contributed by atoms with Crippen molar-refractivity contribution in [1.82, 2.24) is 9.97 Å². The predicted molar refractivity (Wildman–Crippen MR) is 61.6 cm³/mol. The van der Waals surface area contributed by atoms with Gasteiger partial charge >= 0.3 is 0 Å². The molecule has 15 heavy (non-hydrogen) atoms. The summed E-state index contributed by atoms with van der Waals surface area (Å²) in [5, 5.41) is 3.27. The van der Waals surface area contributed by atoms with Crippen molar-refractivity contribution in [1.29, 1.82) is 0 Å². The second-order valence-electron chi connectivity index (χ2n) is 3.17. The molecule has 0 aliphatic rings. The maximum absolute atomic E-state index is 5.70. The molecule has 0 fully saturated rings. The summed E-state index contributed by atoms with van der Waals surface area (Å²) >= 11 is 5.70. The molecule has 0 aliphatic carbocycles. The highest BCUT2D eigenvalue weighted by Crippen LogP contribution is 2.12. The van der Waals surface area contributed by atoms with Crippen LogP contribution in [-0.4, -0.2) is 29.0 Å². The van der Waals surface area contributed by atoms with Gasteiger partial charge in [0.15, 0.2) is 0 Å². The second kappa shape index (κ2) is 6.45. The number of ether oxygens (including phenoxy) is 1. The molecule has 1 atom stereocenters. The molecule has 1 aromatic rings. The number of aromatic nitrogens is 2. The largest absolute Gasteiger partial charge is 0.480 e. The van der Waals surface area contributed by atoms with Gasteiger partial charge in [0.1, 0.15) is 5.82 Å². The van der Waals surface area contributed by atoms with E-state index in [1.165, 1.54) is 0 Å². The maximum Gasteiger partial charge on any atom is 0.233 e. The molecular weight excluding hydrogens is 214 g/mol. The van der Waals surface area contributed by atoms with Gasteiger partial charge in [0.25, 0.3) is 0 Å². The zero-order chi connectivity index (χ0) is 11.1. The molecule has 1 N–H and O–H groups in total. The van der Waals surface area contributed by atoms with Crippen LogP contribution >= 0.6 is 11.6 Å². The number of hydrogen-bond acceptors (Lipinski definition) is 4. The van der Waals surface area contributed by atoms with Gasteiger partial charge in [-0.2, -0.15) is 4.98 Å². The lowest BCUT2D eigenvalue weighted by Crippen LogP contribution is -2.19. The normalized spacial score (nSPS) is 12.2. The fourth-order valence-electron chi connectivity index (χ4n) is 1.24. The van der Waals surface area contributed by atoms with E-state index in [0.29, 0.717) is 17.8 Å². The Morgan fingerprint density at radius 2 is 2.33 bits per heavy atom. The lowest BCUT2D eigenvalue weighted by atomic mass is 10.2. The Balaban J connectivity index is 2.61. The number of hydrogen-bond donors (Lipinski definition) is 1. The topological polar surface area (TPSA) is 47.0 Å². The van der Waals surface area contributed by atoms with Crippen LogP contribution in [0.3, 0.4) is 0 Å². The van der Waals surface area contributed by atoms with Crippen molar-refractivity contribution >= 4 is 17.4 Å². The molecule has 0 spiro atoms. The molecule has 0 saturated heterocycles. The summed E-state index contributed by atoms with van der Waals surface area (Å²) in [6, 6.07) is 0.337. The number of alkyl halides is 1. The second-order valence-corrected chi connectivity index (χ2v) is 3.55. The van der Waals surface area contributed by atoms with Crippen LogP contribution in [0.1, 0.15) is 19.8 Å². The Bertz CT molecular complexity index is 296. The molecule has 0 amide bonds. The van der Waals surface area contributed by atoms with Crippen LogP contribution in [0.25, 0.3) is 0 Å². The lowest BCUT2D eigenvalue weighted by molar-refractivity contribution is 0.396. The van der Waals surface area contributed by atoms with E-state index in [9.17, 15) is 0 Å². The lowest BCUT2D eigenvalue weighted by Gasteiger charge is -2.15. The van der Waals surface area contributed by atoms with Gasteiger partial charge in [0, 0.05) is 11.9 Å². The van der Waals surface area contributed by atoms with Crippen molar-refractivity contribution < 1.29 is 4.74 Å². The van der Waals surface area contributed by atoms with Gasteiger partial charge in [-0.1, -0.05) is 6.92 Å². The highest BCUT2D eigenvalue weighted by Gasteiger charge is 2.06. The van der Waals surface area contributed by atoms with Gasteiger partial charge in [-0.3, -0.25) is 4.98 Å². The van der Waals surface area contributed by atoms with Gasteiger partial charge < -0.3 is 10.1 Å². The van der Waals surface area contributed by atoms with E-state index in [4.69, 9.17) is 16.3 Å². The third kappa shape index (κ3) is 3.91. The van der Waals surface area contributed by atoms with E-state index in [1.54, 1.807) is 19.5 Å². The summed E-state index contributed by atoms with van der Waals surface area (Å²) in [7, 11) is 1.57. The van der Waals surface area contributed by atoms with Crippen LogP contribution in [0, 0.1) is 0 Å². The molecule has 1 rings (SSSR count). The Morgan fingerprint density at radius 3 is 2.93 bits per heavy atom. The molecule has 0 aromatic carbocycles. The first-order valence-corrected chi connectivity index (χ1v) is 5.52. The smallest absolute Gasteiger partial charge is 0.233 e. The Hall–Kier alpha value is -1.03. The number of anilines is 1. The van der Waals surface area contributed by atoms with Crippen molar-refractivity contribution in [2.24, 2.45) is 0 Å². The number of rotatable bonds is 6. The first-order chi connectivity index (χ1) is 7.30. The van der Waals surface area contributed by atoms with E-state index >= 15 is 0 Å². The minimum Gasteiger partial charge on any atom is -0.480 e. The third-order valence-corrected chi connectivity index (χ3v) is 2.34. The van der Waals surface area contributed by atoms with Crippen LogP contribution in [0.2, 0.25) is 0 Å². The zero-order valence-electron chi connectivity index (χ0n) is 9.03. The highest BCUT2D eigenvalue weighted by atomic mass is 35.5. The predicted octanol–water partition coefficient (Wildman–Crippen LogP) is 2.30. The standard InChI is InChI=1S/C10H16ClN3O/c1-3-8(4-5-11)13-9-6-12-7-10(14-9)15-2/h6-8H,3-5H2,1-2H3,(H,13,14). The molecule has 4 nitrogen and oxygen atoms in total. The number of methoxy groups -OCH3 is 1. The van der Waals surface area contributed by atoms with Gasteiger partial charge in [-0.15, -0.1) is 11.6 Å². The monoisotopic (exact) mass is 229 g/mol. The molecule has 0 radical (unpaired) electrons. The molecule has 0 saturated carbocycles. The third-order valence-electron chi connectivity index (χ3n) is 2.12.